The number of guanidine groups is 1. The molecule has 0 aromatic carbocycles. The zero-order valence-electron chi connectivity index (χ0n) is 15.4. The predicted molar refractivity (Wildman–Crippen MR) is 105 cm³/mol. The van der Waals surface area contributed by atoms with Gasteiger partial charge in [0, 0.05) is 26.2 Å². The summed E-state index contributed by atoms with van der Waals surface area (Å²) in [7, 11) is -3.15. The summed E-state index contributed by atoms with van der Waals surface area (Å²) in [6, 6.07) is 1.89. The fourth-order valence-corrected chi connectivity index (χ4v) is 3.97. The third-order valence-electron chi connectivity index (χ3n) is 3.73. The van der Waals surface area contributed by atoms with E-state index in [-0.39, 0.29) is 6.54 Å². The van der Waals surface area contributed by atoms with Gasteiger partial charge in [-0.3, -0.25) is 0 Å². The number of rotatable bonds is 10. The molecule has 0 radical (unpaired) electrons. The van der Waals surface area contributed by atoms with Gasteiger partial charge in [-0.1, -0.05) is 6.92 Å². The first kappa shape index (κ1) is 21.9. The summed E-state index contributed by atoms with van der Waals surface area (Å²) in [5.74, 6) is 0.611. The number of thiophene rings is 1. The van der Waals surface area contributed by atoms with E-state index in [1.165, 1.54) is 10.6 Å². The lowest BCUT2D eigenvalue weighted by atomic mass is 10.00. The maximum absolute atomic E-state index is 11.6. The Hall–Kier alpha value is -1.16. The summed E-state index contributed by atoms with van der Waals surface area (Å²) in [6.45, 7) is 8.01. The lowest BCUT2D eigenvalue weighted by molar-refractivity contribution is 0.0677. The molecule has 0 spiro atoms. The predicted octanol–water partition coefficient (Wildman–Crippen LogP) is 1.18. The van der Waals surface area contributed by atoms with Gasteiger partial charge >= 0.3 is 0 Å². The molecule has 1 rings (SSSR count). The largest absolute Gasteiger partial charge is 0.383 e. The first-order chi connectivity index (χ1) is 11.7. The average molecular weight is 391 g/mol. The molecular formula is C16H30N4O3S2. The molecule has 1 atom stereocenters. The lowest BCUT2D eigenvalue weighted by Crippen LogP contribution is -2.40. The number of aliphatic imine (C=N–C) groups is 1. The summed E-state index contributed by atoms with van der Waals surface area (Å²) in [5, 5.41) is 20.7. The van der Waals surface area contributed by atoms with Crippen LogP contribution in [0.5, 0.6) is 0 Å². The molecule has 9 heteroatoms. The van der Waals surface area contributed by atoms with Crippen molar-refractivity contribution in [2.24, 2.45) is 4.99 Å². The van der Waals surface area contributed by atoms with Gasteiger partial charge in [-0.15, -0.1) is 0 Å². The number of hydrogen-bond acceptors (Lipinski definition) is 5. The Bertz CT molecular complexity index is 628. The van der Waals surface area contributed by atoms with Crippen LogP contribution in [-0.2, 0) is 15.6 Å². The molecule has 144 valence electrons. The summed E-state index contributed by atoms with van der Waals surface area (Å²) >= 11 is 1.54. The van der Waals surface area contributed by atoms with Crippen molar-refractivity contribution in [3.05, 3.63) is 22.4 Å². The molecule has 0 fully saturated rings. The monoisotopic (exact) mass is 390 g/mol. The molecule has 0 amide bonds. The standard InChI is InChI=1S/C16H30N4O3S2/c1-5-17-15(18-9-7-10-20(6-2)25(4,22)23)19-13-16(3,21)14-8-11-24-12-14/h8,11-12,21H,5-7,9-10,13H2,1-4H3,(H2,17,18,19). The summed E-state index contributed by atoms with van der Waals surface area (Å²) in [5.41, 5.74) is -0.165. The van der Waals surface area contributed by atoms with Gasteiger partial charge in [-0.2, -0.15) is 11.3 Å². The molecule has 1 aromatic heterocycles. The Morgan fingerprint density at radius 3 is 2.64 bits per heavy atom. The van der Waals surface area contributed by atoms with E-state index in [0.29, 0.717) is 38.6 Å². The Morgan fingerprint density at radius 2 is 2.12 bits per heavy atom. The van der Waals surface area contributed by atoms with Crippen molar-refractivity contribution in [2.45, 2.75) is 32.8 Å². The highest BCUT2D eigenvalue weighted by molar-refractivity contribution is 7.88. The van der Waals surface area contributed by atoms with E-state index < -0.39 is 15.6 Å². The minimum absolute atomic E-state index is 0.240. The molecule has 3 N–H and O–H groups in total. The van der Waals surface area contributed by atoms with E-state index in [1.807, 2.05) is 30.7 Å². The highest BCUT2D eigenvalue weighted by atomic mass is 32.2. The van der Waals surface area contributed by atoms with Gasteiger partial charge in [0.2, 0.25) is 10.0 Å². The van der Waals surface area contributed by atoms with Crippen molar-refractivity contribution in [1.29, 1.82) is 0 Å². The lowest BCUT2D eigenvalue weighted by Gasteiger charge is -2.21. The minimum Gasteiger partial charge on any atom is -0.383 e. The second kappa shape index (κ2) is 10.1. The molecule has 1 unspecified atom stereocenters. The zero-order chi connectivity index (χ0) is 18.9. The van der Waals surface area contributed by atoms with Crippen LogP contribution in [-0.4, -0.2) is 62.8 Å². The van der Waals surface area contributed by atoms with Crippen LogP contribution in [0.1, 0.15) is 32.8 Å². The Morgan fingerprint density at radius 1 is 1.40 bits per heavy atom. The SMILES string of the molecule is CCNC(=NCC(C)(O)c1ccsc1)NCCCN(CC)S(C)(=O)=O. The number of sulfonamides is 1. The molecule has 0 aliphatic rings. The third kappa shape index (κ3) is 7.72. The number of nitrogens with one attached hydrogen (secondary N) is 2. The molecule has 0 saturated carbocycles. The van der Waals surface area contributed by atoms with Crippen LogP contribution in [0.2, 0.25) is 0 Å². The van der Waals surface area contributed by atoms with Crippen LogP contribution < -0.4 is 10.6 Å². The van der Waals surface area contributed by atoms with Gasteiger partial charge in [0.15, 0.2) is 5.96 Å². The van der Waals surface area contributed by atoms with Crippen molar-refractivity contribution < 1.29 is 13.5 Å². The Balaban J connectivity index is 2.54. The van der Waals surface area contributed by atoms with E-state index in [4.69, 9.17) is 0 Å². The van der Waals surface area contributed by atoms with Crippen molar-refractivity contribution in [1.82, 2.24) is 14.9 Å². The summed E-state index contributed by atoms with van der Waals surface area (Å²) in [6.07, 6.45) is 1.90. The fourth-order valence-electron chi connectivity index (χ4n) is 2.26. The zero-order valence-corrected chi connectivity index (χ0v) is 17.1. The Kier molecular flexibility index (Phi) is 8.84. The molecule has 7 nitrogen and oxygen atoms in total. The molecule has 1 heterocycles. The average Bonchev–Trinajstić information content (AvgIpc) is 3.06. The molecule has 0 aliphatic carbocycles. The van der Waals surface area contributed by atoms with Crippen molar-refractivity contribution in [2.75, 3.05) is 39.0 Å². The van der Waals surface area contributed by atoms with E-state index >= 15 is 0 Å². The van der Waals surface area contributed by atoms with Crippen molar-refractivity contribution in [3.63, 3.8) is 0 Å². The summed E-state index contributed by atoms with van der Waals surface area (Å²) in [4.78, 5) is 4.44. The van der Waals surface area contributed by atoms with Gasteiger partial charge in [0.05, 0.1) is 12.8 Å². The van der Waals surface area contributed by atoms with Crippen LogP contribution in [0, 0.1) is 0 Å². The van der Waals surface area contributed by atoms with Gasteiger partial charge in [-0.05, 0) is 42.7 Å². The van der Waals surface area contributed by atoms with Crippen molar-refractivity contribution >= 4 is 27.3 Å². The van der Waals surface area contributed by atoms with E-state index in [0.717, 1.165) is 5.56 Å². The number of aliphatic hydroxyl groups is 1. The molecule has 0 saturated heterocycles. The van der Waals surface area contributed by atoms with Gasteiger partial charge in [0.1, 0.15) is 5.60 Å². The first-order valence-electron chi connectivity index (χ1n) is 8.43. The van der Waals surface area contributed by atoms with Gasteiger partial charge < -0.3 is 15.7 Å². The highest BCUT2D eigenvalue weighted by Gasteiger charge is 2.23. The molecule has 1 aromatic rings. The van der Waals surface area contributed by atoms with Gasteiger partial charge in [0.25, 0.3) is 0 Å². The van der Waals surface area contributed by atoms with Crippen LogP contribution >= 0.6 is 11.3 Å². The van der Waals surface area contributed by atoms with Crippen LogP contribution in [0.25, 0.3) is 0 Å². The molecular weight excluding hydrogens is 360 g/mol. The quantitative estimate of drug-likeness (QED) is 0.317. The van der Waals surface area contributed by atoms with Crippen molar-refractivity contribution in [3.8, 4) is 0 Å². The highest BCUT2D eigenvalue weighted by Crippen LogP contribution is 2.23. The number of hydrogen-bond donors (Lipinski definition) is 3. The minimum atomic E-state index is -3.15. The third-order valence-corrected chi connectivity index (χ3v) is 5.79. The maximum Gasteiger partial charge on any atom is 0.211 e. The second-order valence-electron chi connectivity index (χ2n) is 6.02. The molecule has 0 aliphatic heterocycles. The van der Waals surface area contributed by atoms with E-state index in [1.54, 1.807) is 18.3 Å². The molecule has 25 heavy (non-hydrogen) atoms. The topological polar surface area (TPSA) is 94.0 Å². The maximum atomic E-state index is 11.6. The van der Waals surface area contributed by atoms with E-state index in [9.17, 15) is 13.5 Å². The van der Waals surface area contributed by atoms with Crippen LogP contribution in [0.3, 0.4) is 0 Å². The second-order valence-corrected chi connectivity index (χ2v) is 8.78. The normalized spacial score (nSPS) is 15.2. The number of nitrogens with zero attached hydrogens (tertiary/aromatic N) is 2. The fraction of sp³-hybridized carbons (Fsp3) is 0.688. The first-order valence-corrected chi connectivity index (χ1v) is 11.2. The Labute approximate surface area is 155 Å². The van der Waals surface area contributed by atoms with E-state index in [2.05, 4.69) is 15.6 Å². The molecule has 0 bridgehead atoms. The van der Waals surface area contributed by atoms with Gasteiger partial charge in [-0.25, -0.2) is 17.7 Å². The van der Waals surface area contributed by atoms with Crippen LogP contribution in [0.15, 0.2) is 21.8 Å². The van der Waals surface area contributed by atoms with Crippen LogP contribution in [0.4, 0.5) is 0 Å². The summed E-state index contributed by atoms with van der Waals surface area (Å²) < 4.78 is 24.6. The smallest absolute Gasteiger partial charge is 0.211 e.